The molecular formula is C22H23N3O2. The van der Waals surface area contributed by atoms with E-state index in [1.54, 1.807) is 7.05 Å². The van der Waals surface area contributed by atoms with E-state index in [-0.39, 0.29) is 0 Å². The van der Waals surface area contributed by atoms with Crippen LogP contribution in [0.15, 0.2) is 72.9 Å². The third-order valence-electron chi connectivity index (χ3n) is 4.25. The molecule has 3 rings (SSSR count). The van der Waals surface area contributed by atoms with Crippen LogP contribution < -0.4 is 14.5 Å². The summed E-state index contributed by atoms with van der Waals surface area (Å²) in [6.45, 7) is 0. The number of pyridine rings is 1. The van der Waals surface area contributed by atoms with Crippen molar-refractivity contribution in [2.24, 2.45) is 0 Å². The molecule has 0 spiro atoms. The maximum atomic E-state index is 12.3. The summed E-state index contributed by atoms with van der Waals surface area (Å²) in [5.74, 6) is 0.515. The molecule has 5 nitrogen and oxygen atoms in total. The molecule has 0 atom stereocenters. The fraction of sp³-hybridized carbons (Fsp3) is 0.182. The van der Waals surface area contributed by atoms with Crippen LogP contribution in [-0.4, -0.2) is 32.2 Å². The molecule has 1 amide bonds. The minimum absolute atomic E-state index is 0.422. The SMILES string of the molecule is CN(C)c1ccnc(Cc2ccc(OC(=O)N(C)c3ccccc3)cc2)c1. The predicted octanol–water partition coefficient (Wildman–Crippen LogP) is 4.37. The Bertz CT molecular complexity index is 893. The highest BCUT2D eigenvalue weighted by atomic mass is 16.6. The first-order chi connectivity index (χ1) is 13.0. The molecule has 0 fully saturated rings. The number of para-hydroxylation sites is 1. The average Bonchev–Trinajstić information content (AvgIpc) is 2.69. The van der Waals surface area contributed by atoms with Gasteiger partial charge in [-0.2, -0.15) is 0 Å². The van der Waals surface area contributed by atoms with Gasteiger partial charge >= 0.3 is 6.09 Å². The molecule has 0 aliphatic carbocycles. The van der Waals surface area contributed by atoms with Gasteiger partial charge in [-0.15, -0.1) is 0 Å². The third-order valence-corrected chi connectivity index (χ3v) is 4.25. The normalized spacial score (nSPS) is 10.3. The fourth-order valence-corrected chi connectivity index (χ4v) is 2.65. The standard InChI is InChI=1S/C22H23N3O2/c1-24(2)20-13-14-23-18(16-20)15-17-9-11-21(12-10-17)27-22(26)25(3)19-7-5-4-6-8-19/h4-14,16H,15H2,1-3H3. The number of aromatic nitrogens is 1. The lowest BCUT2D eigenvalue weighted by Gasteiger charge is -2.17. The van der Waals surface area contributed by atoms with Crippen molar-refractivity contribution in [2.45, 2.75) is 6.42 Å². The molecular weight excluding hydrogens is 338 g/mol. The molecule has 0 aliphatic heterocycles. The molecule has 5 heteroatoms. The summed E-state index contributed by atoms with van der Waals surface area (Å²) in [5.41, 5.74) is 4.00. The quantitative estimate of drug-likeness (QED) is 0.677. The number of hydrogen-bond donors (Lipinski definition) is 0. The van der Waals surface area contributed by atoms with E-state index >= 15 is 0 Å². The van der Waals surface area contributed by atoms with E-state index in [4.69, 9.17) is 4.74 Å². The van der Waals surface area contributed by atoms with E-state index < -0.39 is 6.09 Å². The van der Waals surface area contributed by atoms with Crippen LogP contribution in [0.25, 0.3) is 0 Å². The lowest BCUT2D eigenvalue weighted by atomic mass is 10.1. The molecule has 0 radical (unpaired) electrons. The van der Waals surface area contributed by atoms with E-state index in [1.807, 2.05) is 81.0 Å². The van der Waals surface area contributed by atoms with Crippen molar-refractivity contribution in [1.82, 2.24) is 4.98 Å². The van der Waals surface area contributed by atoms with E-state index in [0.717, 1.165) is 29.1 Å². The number of carbonyl (C=O) groups is 1. The number of ether oxygens (including phenoxy) is 1. The molecule has 0 bridgehead atoms. The highest BCUT2D eigenvalue weighted by Crippen LogP contribution is 2.19. The highest BCUT2D eigenvalue weighted by molar-refractivity contribution is 5.88. The van der Waals surface area contributed by atoms with Gasteiger partial charge in [-0.3, -0.25) is 9.88 Å². The van der Waals surface area contributed by atoms with Crippen LogP contribution >= 0.6 is 0 Å². The molecule has 0 saturated carbocycles. The number of carbonyl (C=O) groups excluding carboxylic acids is 1. The van der Waals surface area contributed by atoms with Crippen LogP contribution in [0.2, 0.25) is 0 Å². The van der Waals surface area contributed by atoms with Gasteiger partial charge in [0.25, 0.3) is 0 Å². The average molecular weight is 361 g/mol. The van der Waals surface area contributed by atoms with Gasteiger partial charge < -0.3 is 9.64 Å². The van der Waals surface area contributed by atoms with Crippen molar-refractivity contribution in [1.29, 1.82) is 0 Å². The number of benzene rings is 2. The van der Waals surface area contributed by atoms with Gasteiger partial charge in [0.1, 0.15) is 5.75 Å². The topological polar surface area (TPSA) is 45.7 Å². The molecule has 27 heavy (non-hydrogen) atoms. The Morgan fingerprint density at radius 2 is 1.63 bits per heavy atom. The first-order valence-electron chi connectivity index (χ1n) is 8.75. The van der Waals surface area contributed by atoms with E-state index in [0.29, 0.717) is 5.75 Å². The van der Waals surface area contributed by atoms with Crippen molar-refractivity contribution in [3.05, 3.63) is 84.2 Å². The van der Waals surface area contributed by atoms with E-state index in [1.165, 1.54) is 4.90 Å². The van der Waals surface area contributed by atoms with Crippen LogP contribution in [0, 0.1) is 0 Å². The largest absolute Gasteiger partial charge is 0.419 e. The van der Waals surface area contributed by atoms with Crippen molar-refractivity contribution in [3.63, 3.8) is 0 Å². The van der Waals surface area contributed by atoms with Gasteiger partial charge in [0.05, 0.1) is 0 Å². The van der Waals surface area contributed by atoms with E-state index in [2.05, 4.69) is 16.0 Å². The van der Waals surface area contributed by atoms with Crippen LogP contribution in [0.1, 0.15) is 11.3 Å². The highest BCUT2D eigenvalue weighted by Gasteiger charge is 2.13. The van der Waals surface area contributed by atoms with Gasteiger partial charge in [-0.25, -0.2) is 4.79 Å². The Balaban J connectivity index is 1.63. The Morgan fingerprint density at radius 1 is 0.926 bits per heavy atom. The molecule has 0 unspecified atom stereocenters. The second kappa shape index (κ2) is 8.36. The predicted molar refractivity (Wildman–Crippen MR) is 109 cm³/mol. The Hall–Kier alpha value is -3.34. The van der Waals surface area contributed by atoms with Crippen molar-refractivity contribution < 1.29 is 9.53 Å². The molecule has 0 N–H and O–H groups in total. The molecule has 0 saturated heterocycles. The zero-order chi connectivity index (χ0) is 19.2. The molecule has 0 aliphatic rings. The number of anilines is 2. The molecule has 138 valence electrons. The molecule has 2 aromatic carbocycles. The maximum Gasteiger partial charge on any atom is 0.419 e. The molecule has 1 aromatic heterocycles. The molecule has 1 heterocycles. The van der Waals surface area contributed by atoms with Crippen LogP contribution in [0.5, 0.6) is 5.75 Å². The third kappa shape index (κ3) is 4.85. The summed E-state index contributed by atoms with van der Waals surface area (Å²) in [4.78, 5) is 20.2. The summed E-state index contributed by atoms with van der Waals surface area (Å²) in [7, 11) is 5.71. The monoisotopic (exact) mass is 361 g/mol. The second-order valence-corrected chi connectivity index (χ2v) is 6.48. The minimum Gasteiger partial charge on any atom is -0.410 e. The van der Waals surface area contributed by atoms with Crippen molar-refractivity contribution >= 4 is 17.5 Å². The van der Waals surface area contributed by atoms with E-state index in [9.17, 15) is 4.79 Å². The van der Waals surface area contributed by atoms with Gasteiger partial charge in [-0.1, -0.05) is 30.3 Å². The number of rotatable bonds is 5. The van der Waals surface area contributed by atoms with Crippen LogP contribution in [0.4, 0.5) is 16.2 Å². The van der Waals surface area contributed by atoms with Crippen LogP contribution in [0.3, 0.4) is 0 Å². The minimum atomic E-state index is -0.422. The summed E-state index contributed by atoms with van der Waals surface area (Å²) in [6.07, 6.45) is 2.12. The van der Waals surface area contributed by atoms with Gasteiger partial charge in [-0.05, 0) is 42.0 Å². The maximum absolute atomic E-state index is 12.3. The summed E-state index contributed by atoms with van der Waals surface area (Å²) >= 11 is 0. The first kappa shape index (κ1) is 18.5. The van der Waals surface area contributed by atoms with Crippen molar-refractivity contribution in [3.8, 4) is 5.75 Å². The van der Waals surface area contributed by atoms with Gasteiger partial charge in [0, 0.05) is 50.8 Å². The van der Waals surface area contributed by atoms with Crippen molar-refractivity contribution in [2.75, 3.05) is 30.9 Å². The number of amides is 1. The summed E-state index contributed by atoms with van der Waals surface area (Å²) in [6, 6.07) is 21.0. The number of hydrogen-bond acceptors (Lipinski definition) is 4. The number of nitrogens with zero attached hydrogens (tertiary/aromatic N) is 3. The zero-order valence-corrected chi connectivity index (χ0v) is 15.8. The van der Waals surface area contributed by atoms with Crippen LogP contribution in [-0.2, 0) is 6.42 Å². The fourth-order valence-electron chi connectivity index (χ4n) is 2.65. The second-order valence-electron chi connectivity index (χ2n) is 6.48. The summed E-state index contributed by atoms with van der Waals surface area (Å²) < 4.78 is 5.45. The first-order valence-corrected chi connectivity index (χ1v) is 8.75. The lowest BCUT2D eigenvalue weighted by molar-refractivity contribution is 0.209. The van der Waals surface area contributed by atoms with Gasteiger partial charge in [0.2, 0.25) is 0 Å². The smallest absolute Gasteiger partial charge is 0.410 e. The zero-order valence-electron chi connectivity index (χ0n) is 15.8. The Labute approximate surface area is 159 Å². The Morgan fingerprint density at radius 3 is 2.30 bits per heavy atom. The molecule has 3 aromatic rings. The Kier molecular flexibility index (Phi) is 5.71. The summed E-state index contributed by atoms with van der Waals surface area (Å²) in [5, 5.41) is 0. The lowest BCUT2D eigenvalue weighted by Crippen LogP contribution is -2.29. The van der Waals surface area contributed by atoms with Gasteiger partial charge in [0.15, 0.2) is 0 Å².